The minimum atomic E-state index is -3.75. The topological polar surface area (TPSA) is 374 Å². The summed E-state index contributed by atoms with van der Waals surface area (Å²) in [6.07, 6.45) is 19.7. The number of pyridine rings is 6. The number of primary sulfonamides is 1. The predicted molar refractivity (Wildman–Crippen MR) is 471 cm³/mol. The van der Waals surface area contributed by atoms with E-state index in [1.807, 2.05) is 79.0 Å². The quantitative estimate of drug-likeness (QED) is 0.0373. The number of anilines is 10. The van der Waals surface area contributed by atoms with E-state index in [0.717, 1.165) is 107 Å². The lowest BCUT2D eigenvalue weighted by molar-refractivity contribution is 0.0996. The molecule has 0 bridgehead atoms. The van der Waals surface area contributed by atoms with Crippen LogP contribution in [0.1, 0.15) is 24.2 Å². The second kappa shape index (κ2) is 35.4. The van der Waals surface area contributed by atoms with E-state index in [1.54, 1.807) is 139 Å². The summed E-state index contributed by atoms with van der Waals surface area (Å²) in [6.45, 7) is 11.4. The molecular weight excluding hydrogens is 1620 g/mol. The van der Waals surface area contributed by atoms with Gasteiger partial charge in [-0.05, 0) is 195 Å². The molecule has 1 amide bonds. The molecule has 0 radical (unpaired) electrons. The molecule has 2 saturated heterocycles. The van der Waals surface area contributed by atoms with Gasteiger partial charge in [-0.15, -0.1) is 0 Å². The zero-order chi connectivity index (χ0) is 85.6. The van der Waals surface area contributed by atoms with Gasteiger partial charge in [0.1, 0.15) is 11.6 Å². The predicted octanol–water partition coefficient (Wildman–Crippen LogP) is 13.6. The van der Waals surface area contributed by atoms with Crippen LogP contribution in [0, 0.1) is 11.6 Å². The van der Waals surface area contributed by atoms with Crippen molar-refractivity contribution in [2.45, 2.75) is 34.6 Å². The van der Waals surface area contributed by atoms with Crippen molar-refractivity contribution in [3.63, 3.8) is 0 Å². The maximum absolute atomic E-state index is 14.7. The molecule has 10 aromatic heterocycles. The van der Waals surface area contributed by atoms with Crippen molar-refractivity contribution in [2.75, 3.05) is 96.1 Å². The summed E-state index contributed by atoms with van der Waals surface area (Å²) in [4.78, 5) is 64.9. The van der Waals surface area contributed by atoms with Crippen LogP contribution in [0.5, 0.6) is 0 Å². The Labute approximate surface area is 699 Å². The average molecular weight is 1700 g/mol. The fraction of sp³-hybridized carbons (Fsp3) is 0.148. The van der Waals surface area contributed by atoms with E-state index in [4.69, 9.17) is 15.6 Å². The normalized spacial score (nSPS) is 13.2. The zero-order valence-electron chi connectivity index (χ0n) is 66.3. The van der Waals surface area contributed by atoms with E-state index < -0.39 is 41.4 Å². The van der Waals surface area contributed by atoms with Gasteiger partial charge in [-0.3, -0.25) is 36.9 Å². The maximum atomic E-state index is 14.7. The summed E-state index contributed by atoms with van der Waals surface area (Å²) < 4.78 is 111. The average Bonchev–Trinajstić information content (AvgIpc) is 1.59. The molecule has 34 heteroatoms. The lowest BCUT2D eigenvalue weighted by Gasteiger charge is -2.38. The zero-order valence-corrected chi connectivity index (χ0v) is 68.7. The fourth-order valence-electron chi connectivity index (χ4n) is 14.3. The number of primary amides is 1. The number of aromatic nitrogens is 10. The first-order valence-corrected chi connectivity index (χ1v) is 43.8. The van der Waals surface area contributed by atoms with Gasteiger partial charge in [0.15, 0.2) is 42.3 Å². The molecule has 6 aromatic carbocycles. The number of halogens is 2. The molecule has 16 aromatic rings. The number of nitrogens with two attached hydrogens (primary N) is 2. The van der Waals surface area contributed by atoms with Crippen molar-refractivity contribution in [3.05, 3.63) is 306 Å². The Balaban J connectivity index is 0.000000126. The SMILES string of the molecule is CC(C)N1CCN(c2ccc(Nc3ccc(-c4cc[nH]c(=O)c4)n4ccnc34)cc2)CC1.CS(=O)(=O)c1ccc(Nc2ccc(-c3ccc(C(N)=O)c(F)c3)n3ccnc23)cc1.CS(=O)(=O)c1ccc(Nc2ccc(-c3ccc(S(N)(=O)=O)cc3)n3ccnc23)cc1.O=c1ccc(-c2ccc(Nc3ccc(N4CCOCC4)c(F)c3)c3nccn23)c[nH]1. The Hall–Kier alpha value is -14.2. The van der Waals surface area contributed by atoms with Gasteiger partial charge in [0.2, 0.25) is 21.1 Å². The van der Waals surface area contributed by atoms with Gasteiger partial charge < -0.3 is 51.5 Å². The monoisotopic (exact) mass is 1700 g/mol. The standard InChI is InChI=1S/C25H28N6O.C22H20FN5O2.C21H17FN4O3S.C20H18N4O4S2/c1-18(2)29-13-15-30(16-14-29)21-5-3-20(4-6-21)28-22-7-8-23(31-12-11-27-25(22)31)19-9-10-26-24(32)17-19;23-17-13-16(2-4-20(17)27-9-11-30-12-10-27)26-18-3-5-19(28-8-7-24-22(18)28)15-1-6-21(29)25-14-15;1-30(28,29)15-5-3-14(4-6-15)25-18-8-9-19(26-11-10-24-21(18)26)13-2-7-16(20(23)27)17(22)12-13;1-29(25,26)16-8-4-15(5-9-16)23-18-10-11-19(24-13-12-22-20(18)24)14-2-6-17(7-3-14)30(21,27)28/h3-12,17-18,28H,13-16H2,1-2H3,(H,26,32);1-8,13-14,26H,9-12H2,(H,25,29);2-12,25H,1H3,(H2,23,27);2-13,23H,1H3,(H2,21,27,28). The lowest BCUT2D eigenvalue weighted by Crippen LogP contribution is -2.48. The largest absolute Gasteiger partial charge is 0.378 e. The van der Waals surface area contributed by atoms with Crippen molar-refractivity contribution >= 4 is 115 Å². The van der Waals surface area contributed by atoms with E-state index in [2.05, 4.69) is 99.1 Å². The number of sulfonamides is 1. The number of fused-ring (bicyclic) bond motifs is 4. The van der Waals surface area contributed by atoms with E-state index in [9.17, 15) is 48.4 Å². The van der Waals surface area contributed by atoms with Crippen LogP contribution in [-0.4, -0.2) is 155 Å². The Bertz CT molecular complexity index is 7010. The highest BCUT2D eigenvalue weighted by Crippen LogP contribution is 2.35. The third-order valence-electron chi connectivity index (χ3n) is 20.6. The van der Waals surface area contributed by atoms with Crippen LogP contribution < -0.4 is 53.1 Å². The molecule has 0 unspecified atom stereocenters. The van der Waals surface area contributed by atoms with Crippen LogP contribution in [0.2, 0.25) is 0 Å². The Morgan fingerprint density at radius 3 is 1.27 bits per heavy atom. The molecule has 622 valence electrons. The van der Waals surface area contributed by atoms with Gasteiger partial charge in [0.05, 0.1) is 84.7 Å². The molecule has 18 rings (SSSR count). The van der Waals surface area contributed by atoms with E-state index in [0.29, 0.717) is 83.3 Å². The third-order valence-corrected chi connectivity index (χ3v) is 23.8. The number of carbonyl (C=O) groups excluding carboxylic acids is 1. The number of ether oxygens (including phenoxy) is 1. The highest BCUT2D eigenvalue weighted by atomic mass is 32.2. The smallest absolute Gasteiger partial charge is 0.251 e. The summed E-state index contributed by atoms with van der Waals surface area (Å²) in [7, 11) is -10.3. The molecule has 10 N–H and O–H groups in total. The first-order valence-electron chi connectivity index (χ1n) is 38.5. The van der Waals surface area contributed by atoms with Gasteiger partial charge >= 0.3 is 0 Å². The van der Waals surface area contributed by atoms with E-state index >= 15 is 0 Å². The van der Waals surface area contributed by atoms with Crippen LogP contribution in [-0.2, 0) is 34.4 Å². The Kier molecular flexibility index (Phi) is 24.1. The lowest BCUT2D eigenvalue weighted by atomic mass is 10.1. The molecule has 0 aliphatic carbocycles. The number of piperazine rings is 1. The number of amides is 1. The van der Waals surface area contributed by atoms with Crippen molar-refractivity contribution in [3.8, 4) is 45.0 Å². The fourth-order valence-corrected chi connectivity index (χ4v) is 16.1. The number of hydrogen-bond acceptors (Lipinski definition) is 21. The summed E-state index contributed by atoms with van der Waals surface area (Å²) in [5.41, 5.74) is 21.9. The first kappa shape index (κ1) is 82.9. The van der Waals surface area contributed by atoms with Gasteiger partial charge in [0.25, 0.3) is 5.91 Å². The van der Waals surface area contributed by atoms with Crippen LogP contribution in [0.3, 0.4) is 0 Å². The maximum Gasteiger partial charge on any atom is 0.251 e. The summed E-state index contributed by atoms with van der Waals surface area (Å²) >= 11 is 0. The van der Waals surface area contributed by atoms with Crippen LogP contribution in [0.15, 0.2) is 293 Å². The number of benzene rings is 6. The van der Waals surface area contributed by atoms with Gasteiger partial charge in [-0.1, -0.05) is 18.2 Å². The van der Waals surface area contributed by atoms with Crippen LogP contribution >= 0.6 is 0 Å². The van der Waals surface area contributed by atoms with Crippen molar-refractivity contribution in [2.24, 2.45) is 10.9 Å². The number of rotatable bonds is 19. The molecule has 29 nitrogen and oxygen atoms in total. The second-order valence-corrected chi connectivity index (χ2v) is 34.6. The van der Waals surface area contributed by atoms with Crippen LogP contribution in [0.25, 0.3) is 67.6 Å². The minimum absolute atomic E-state index is 0.0453. The molecule has 0 saturated carbocycles. The number of nitrogens with one attached hydrogen (secondary N) is 6. The summed E-state index contributed by atoms with van der Waals surface area (Å²) in [5, 5.41) is 18.4. The number of aromatic amines is 2. The third kappa shape index (κ3) is 18.9. The van der Waals surface area contributed by atoms with Gasteiger partial charge in [-0.2, -0.15) is 0 Å². The molecule has 12 heterocycles. The summed E-state index contributed by atoms with van der Waals surface area (Å²) in [5.74, 6) is -1.79. The van der Waals surface area contributed by atoms with Crippen molar-refractivity contribution in [1.82, 2.24) is 52.4 Å². The van der Waals surface area contributed by atoms with Gasteiger partial charge in [0, 0.05) is 177 Å². The van der Waals surface area contributed by atoms with Crippen molar-refractivity contribution in [1.29, 1.82) is 0 Å². The number of H-pyrrole nitrogens is 2. The number of sulfone groups is 2. The minimum Gasteiger partial charge on any atom is -0.378 e. The number of imidazole rings is 4. The highest BCUT2D eigenvalue weighted by molar-refractivity contribution is 7.91. The second-order valence-electron chi connectivity index (χ2n) is 29.0. The molecular formula is C88H83F2N19O10S3. The van der Waals surface area contributed by atoms with Crippen molar-refractivity contribution < 1.29 is 43.6 Å². The molecule has 2 aliphatic rings. The first-order chi connectivity index (χ1) is 58.6. The van der Waals surface area contributed by atoms with E-state index in [1.165, 1.54) is 54.2 Å². The number of morpholine rings is 1. The number of nitrogens with zero attached hydrogens (tertiary/aromatic N) is 11. The molecule has 2 fully saturated rings. The number of hydrogen-bond donors (Lipinski definition) is 8. The molecule has 2 aliphatic heterocycles. The molecule has 122 heavy (non-hydrogen) atoms. The number of carbonyl (C=O) groups is 1. The summed E-state index contributed by atoms with van der Waals surface area (Å²) in [6, 6.07) is 59.7. The molecule has 0 spiro atoms. The van der Waals surface area contributed by atoms with Crippen LogP contribution in [0.4, 0.5) is 65.7 Å². The van der Waals surface area contributed by atoms with E-state index in [-0.39, 0.29) is 37.2 Å². The molecule has 0 atom stereocenters. The Morgan fingerprint density at radius 1 is 0.434 bits per heavy atom. The highest BCUT2D eigenvalue weighted by Gasteiger charge is 2.23. The Morgan fingerprint density at radius 2 is 0.852 bits per heavy atom. The van der Waals surface area contributed by atoms with Gasteiger partial charge in [-0.25, -0.2) is 59.1 Å².